The molecule has 4 N–H and O–H groups in total. The molecule has 0 saturated carbocycles. The van der Waals surface area contributed by atoms with E-state index in [0.29, 0.717) is 24.1 Å². The van der Waals surface area contributed by atoms with E-state index in [1.807, 2.05) is 24.3 Å². The molecule has 2 aromatic carbocycles. The Morgan fingerprint density at radius 2 is 1.21 bits per heavy atom. The fourth-order valence-corrected chi connectivity index (χ4v) is 3.05. The van der Waals surface area contributed by atoms with Gasteiger partial charge in [-0.15, -0.1) is 0 Å². The molecule has 0 aliphatic heterocycles. The first kappa shape index (κ1) is 17.8. The molecule has 0 unspecified atom stereocenters. The number of anilines is 2. The van der Waals surface area contributed by atoms with E-state index in [2.05, 4.69) is 10.6 Å². The summed E-state index contributed by atoms with van der Waals surface area (Å²) in [6, 6.07) is 17.4. The zero-order valence-corrected chi connectivity index (χ0v) is 15.0. The van der Waals surface area contributed by atoms with Gasteiger partial charge in [0.2, 0.25) is 0 Å². The van der Waals surface area contributed by atoms with Gasteiger partial charge in [0.1, 0.15) is 11.2 Å². The van der Waals surface area contributed by atoms with Crippen molar-refractivity contribution in [3.63, 3.8) is 0 Å². The summed E-state index contributed by atoms with van der Waals surface area (Å²) in [6.07, 6.45) is 0.471. The zero-order chi connectivity index (χ0) is 19.5. The van der Waals surface area contributed by atoms with E-state index in [1.165, 1.54) is 12.1 Å². The van der Waals surface area contributed by atoms with Crippen molar-refractivity contribution in [3.05, 3.63) is 81.5 Å². The van der Waals surface area contributed by atoms with Crippen LogP contribution in [0.4, 0.5) is 11.4 Å². The van der Waals surface area contributed by atoms with Crippen LogP contribution >= 0.6 is 0 Å². The predicted molar refractivity (Wildman–Crippen MR) is 110 cm³/mol. The Labute approximate surface area is 159 Å². The van der Waals surface area contributed by atoms with Crippen LogP contribution in [0.15, 0.2) is 79.1 Å². The van der Waals surface area contributed by atoms with Crippen molar-refractivity contribution >= 4 is 33.3 Å². The van der Waals surface area contributed by atoms with E-state index in [-0.39, 0.29) is 17.4 Å². The molecular formula is C21H19N3O4. The average molecular weight is 377 g/mol. The van der Waals surface area contributed by atoms with Crippen LogP contribution in [0.2, 0.25) is 0 Å². The lowest BCUT2D eigenvalue weighted by Crippen LogP contribution is -2.31. The van der Waals surface area contributed by atoms with Gasteiger partial charge in [0.15, 0.2) is 0 Å². The normalized spacial score (nSPS) is 11.2. The van der Waals surface area contributed by atoms with E-state index in [4.69, 9.17) is 14.6 Å². The average Bonchev–Trinajstić information content (AvgIpc) is 2.67. The van der Waals surface area contributed by atoms with Crippen molar-refractivity contribution in [2.24, 2.45) is 5.73 Å². The second-order valence-corrected chi connectivity index (χ2v) is 6.43. The summed E-state index contributed by atoms with van der Waals surface area (Å²) in [5, 5.41) is 8.40. The monoisotopic (exact) mass is 377 g/mol. The van der Waals surface area contributed by atoms with Crippen LogP contribution in [0.25, 0.3) is 21.9 Å². The lowest BCUT2D eigenvalue weighted by molar-refractivity contribution is 0.561. The summed E-state index contributed by atoms with van der Waals surface area (Å²) in [5.74, 6) is 0. The molecule has 0 aliphatic carbocycles. The van der Waals surface area contributed by atoms with Crippen LogP contribution in [0.5, 0.6) is 0 Å². The van der Waals surface area contributed by atoms with E-state index in [9.17, 15) is 9.59 Å². The third-order valence-electron chi connectivity index (χ3n) is 4.38. The molecule has 0 atom stereocenters. The Hall–Kier alpha value is -3.58. The molecule has 28 heavy (non-hydrogen) atoms. The first-order valence-corrected chi connectivity index (χ1v) is 8.92. The van der Waals surface area contributed by atoms with Gasteiger partial charge in [-0.1, -0.05) is 0 Å². The van der Waals surface area contributed by atoms with E-state index >= 15 is 0 Å². The SMILES string of the molecule is NCCC(Nc1ccc2ccc(=O)oc2c1)Nc1ccc2ccc(=O)oc2c1. The van der Waals surface area contributed by atoms with Crippen LogP contribution < -0.4 is 27.6 Å². The summed E-state index contributed by atoms with van der Waals surface area (Å²) in [7, 11) is 0. The lowest BCUT2D eigenvalue weighted by atomic mass is 10.2. The van der Waals surface area contributed by atoms with Gasteiger partial charge in [-0.05, 0) is 49.4 Å². The molecule has 4 rings (SSSR count). The minimum atomic E-state index is -0.390. The largest absolute Gasteiger partial charge is 0.423 e. The fraction of sp³-hybridized carbons (Fsp3) is 0.143. The number of fused-ring (bicyclic) bond motifs is 2. The molecule has 0 radical (unpaired) electrons. The van der Waals surface area contributed by atoms with Crippen LogP contribution in [-0.4, -0.2) is 12.7 Å². The lowest BCUT2D eigenvalue weighted by Gasteiger charge is -2.22. The molecule has 0 amide bonds. The Morgan fingerprint density at radius 3 is 1.68 bits per heavy atom. The maximum absolute atomic E-state index is 11.4. The van der Waals surface area contributed by atoms with E-state index in [1.54, 1.807) is 24.3 Å². The summed E-state index contributed by atoms with van der Waals surface area (Å²) >= 11 is 0. The predicted octanol–water partition coefficient (Wildman–Crippen LogP) is 3.10. The van der Waals surface area contributed by atoms with Gasteiger partial charge in [-0.2, -0.15) is 0 Å². The van der Waals surface area contributed by atoms with Crippen LogP contribution in [0, 0.1) is 0 Å². The van der Waals surface area contributed by atoms with Crippen molar-refractivity contribution < 1.29 is 8.83 Å². The van der Waals surface area contributed by atoms with Gasteiger partial charge >= 0.3 is 11.3 Å². The minimum Gasteiger partial charge on any atom is -0.423 e. The highest BCUT2D eigenvalue weighted by atomic mass is 16.4. The molecule has 0 bridgehead atoms. The van der Waals surface area contributed by atoms with Crippen molar-refractivity contribution in [2.45, 2.75) is 12.6 Å². The topological polar surface area (TPSA) is 110 Å². The summed E-state index contributed by atoms with van der Waals surface area (Å²) in [5.41, 5.74) is 7.58. The van der Waals surface area contributed by atoms with Crippen LogP contribution in [-0.2, 0) is 0 Å². The number of nitrogens with two attached hydrogens (primary N) is 1. The van der Waals surface area contributed by atoms with Crippen molar-refractivity contribution in [1.29, 1.82) is 0 Å². The second kappa shape index (κ2) is 7.58. The summed E-state index contributed by atoms with van der Waals surface area (Å²) in [6.45, 7) is 0.468. The zero-order valence-electron chi connectivity index (χ0n) is 15.0. The Morgan fingerprint density at radius 1 is 0.750 bits per heavy atom. The van der Waals surface area contributed by atoms with Gasteiger partial charge in [0.05, 0.1) is 6.17 Å². The highest BCUT2D eigenvalue weighted by molar-refractivity contribution is 5.81. The smallest absolute Gasteiger partial charge is 0.336 e. The molecule has 0 saturated heterocycles. The van der Waals surface area contributed by atoms with E-state index in [0.717, 1.165) is 22.1 Å². The van der Waals surface area contributed by atoms with Crippen LogP contribution in [0.3, 0.4) is 0 Å². The molecule has 7 heteroatoms. The van der Waals surface area contributed by atoms with Gasteiger partial charge < -0.3 is 25.2 Å². The number of hydrogen-bond donors (Lipinski definition) is 3. The molecular weight excluding hydrogens is 358 g/mol. The standard InChI is InChI=1S/C21H19N3O4/c22-10-9-19(23-15-5-1-13-3-7-20(25)27-17(13)11-15)24-16-6-2-14-4-8-21(26)28-18(14)12-16/h1-8,11-12,19,23-24H,9-10,22H2. The molecule has 2 aromatic heterocycles. The third-order valence-corrected chi connectivity index (χ3v) is 4.38. The van der Waals surface area contributed by atoms with E-state index < -0.39 is 0 Å². The van der Waals surface area contributed by atoms with Crippen molar-refractivity contribution in [3.8, 4) is 0 Å². The molecule has 0 spiro atoms. The molecule has 4 aromatic rings. The van der Waals surface area contributed by atoms with Gasteiger partial charge in [0, 0.05) is 46.4 Å². The summed E-state index contributed by atoms with van der Waals surface area (Å²) < 4.78 is 10.5. The Balaban J connectivity index is 1.59. The van der Waals surface area contributed by atoms with Crippen molar-refractivity contribution in [1.82, 2.24) is 0 Å². The summed E-state index contributed by atoms with van der Waals surface area (Å²) in [4.78, 5) is 22.9. The molecule has 0 fully saturated rings. The highest BCUT2D eigenvalue weighted by Gasteiger charge is 2.10. The fourth-order valence-electron chi connectivity index (χ4n) is 3.05. The first-order chi connectivity index (χ1) is 13.6. The highest BCUT2D eigenvalue weighted by Crippen LogP contribution is 2.21. The first-order valence-electron chi connectivity index (χ1n) is 8.92. The maximum Gasteiger partial charge on any atom is 0.336 e. The second-order valence-electron chi connectivity index (χ2n) is 6.43. The molecule has 0 aliphatic rings. The number of hydrogen-bond acceptors (Lipinski definition) is 7. The number of nitrogens with one attached hydrogen (secondary N) is 2. The molecule has 142 valence electrons. The van der Waals surface area contributed by atoms with Gasteiger partial charge in [-0.25, -0.2) is 9.59 Å². The van der Waals surface area contributed by atoms with Gasteiger partial charge in [0.25, 0.3) is 0 Å². The van der Waals surface area contributed by atoms with Crippen LogP contribution in [0.1, 0.15) is 6.42 Å². The number of rotatable bonds is 6. The molecule has 2 heterocycles. The minimum absolute atomic E-state index is 0.175. The van der Waals surface area contributed by atoms with Crippen molar-refractivity contribution in [2.75, 3.05) is 17.2 Å². The van der Waals surface area contributed by atoms with Gasteiger partial charge in [-0.3, -0.25) is 0 Å². The third kappa shape index (κ3) is 3.89. The Kier molecular flexibility index (Phi) is 4.82. The number of benzene rings is 2. The molecule has 7 nitrogen and oxygen atoms in total. The Bertz CT molecular complexity index is 1150. The quantitative estimate of drug-likeness (QED) is 0.350. The maximum atomic E-state index is 11.4.